The molecular weight excluding hydrogens is 298 g/mol. The van der Waals surface area contributed by atoms with Crippen LogP contribution in [-0.2, 0) is 4.79 Å². The summed E-state index contributed by atoms with van der Waals surface area (Å²) in [5.74, 6) is -0.997. The second-order valence-electron chi connectivity index (χ2n) is 3.01. The maximum absolute atomic E-state index is 10.6. The van der Waals surface area contributed by atoms with Crippen molar-refractivity contribution in [1.29, 1.82) is 0 Å². The highest BCUT2D eigenvalue weighted by atomic mass is 79.9. The van der Waals surface area contributed by atoms with E-state index in [1.54, 1.807) is 13.0 Å². The normalized spacial score (nSPS) is 10.1. The molecule has 0 heterocycles. The van der Waals surface area contributed by atoms with E-state index < -0.39 is 10.9 Å². The lowest BCUT2D eigenvalue weighted by Crippen LogP contribution is -1.98. The van der Waals surface area contributed by atoms with Gasteiger partial charge in [0, 0.05) is 21.0 Å². The minimum atomic E-state index is -0.923. The van der Waals surface area contributed by atoms with Crippen LogP contribution in [0.4, 0.5) is 5.69 Å². The Morgan fingerprint density at radius 2 is 2.25 bits per heavy atom. The zero-order chi connectivity index (χ0) is 12.3. The number of aryl methyl sites for hydroxylation is 1. The fourth-order valence-electron chi connectivity index (χ4n) is 1.09. The Kier molecular flexibility index (Phi) is 4.31. The van der Waals surface area contributed by atoms with Crippen LogP contribution in [0.3, 0.4) is 0 Å². The quantitative estimate of drug-likeness (QED) is 0.525. The first-order valence-electron chi connectivity index (χ1n) is 4.21. The molecular formula is C9H8BrNO4S. The SMILES string of the molecule is Cc1cc(SCC(=O)O)c(Br)cc1[N+](=O)[O-]. The van der Waals surface area contributed by atoms with E-state index in [-0.39, 0.29) is 11.4 Å². The molecule has 0 amide bonds. The Hall–Kier alpha value is -1.08. The predicted octanol–water partition coefficient (Wildman–Crippen LogP) is 2.84. The molecule has 0 fully saturated rings. The predicted molar refractivity (Wildman–Crippen MR) is 63.9 cm³/mol. The second-order valence-corrected chi connectivity index (χ2v) is 4.88. The van der Waals surface area contributed by atoms with Crippen LogP contribution in [-0.4, -0.2) is 21.8 Å². The monoisotopic (exact) mass is 305 g/mol. The summed E-state index contributed by atoms with van der Waals surface area (Å²) in [4.78, 5) is 21.3. The Labute approximate surface area is 104 Å². The smallest absolute Gasteiger partial charge is 0.313 e. The van der Waals surface area contributed by atoms with Crippen molar-refractivity contribution < 1.29 is 14.8 Å². The number of thioether (sulfide) groups is 1. The summed E-state index contributed by atoms with van der Waals surface area (Å²) in [6.45, 7) is 1.62. The molecule has 0 bridgehead atoms. The third-order valence-electron chi connectivity index (χ3n) is 1.80. The molecule has 0 aliphatic heterocycles. The molecule has 0 aliphatic carbocycles. The van der Waals surface area contributed by atoms with Gasteiger partial charge in [-0.05, 0) is 28.9 Å². The molecule has 0 aliphatic rings. The van der Waals surface area contributed by atoms with Gasteiger partial charge in [0.2, 0.25) is 0 Å². The largest absolute Gasteiger partial charge is 0.481 e. The molecule has 1 N–H and O–H groups in total. The molecule has 1 aromatic carbocycles. The molecule has 0 saturated heterocycles. The van der Waals surface area contributed by atoms with Gasteiger partial charge in [0.25, 0.3) is 5.69 Å². The molecule has 0 saturated carbocycles. The summed E-state index contributed by atoms with van der Waals surface area (Å²) in [5, 5.41) is 19.2. The zero-order valence-electron chi connectivity index (χ0n) is 8.27. The van der Waals surface area contributed by atoms with E-state index >= 15 is 0 Å². The number of hydrogen-bond donors (Lipinski definition) is 1. The molecule has 1 aromatic rings. The lowest BCUT2D eigenvalue weighted by molar-refractivity contribution is -0.385. The number of carbonyl (C=O) groups is 1. The Morgan fingerprint density at radius 3 is 2.75 bits per heavy atom. The number of nitro groups is 1. The van der Waals surface area contributed by atoms with Gasteiger partial charge < -0.3 is 5.11 Å². The second kappa shape index (κ2) is 5.31. The highest BCUT2D eigenvalue weighted by Crippen LogP contribution is 2.33. The summed E-state index contributed by atoms with van der Waals surface area (Å²) in [6.07, 6.45) is 0. The lowest BCUT2D eigenvalue weighted by Gasteiger charge is -2.04. The molecule has 5 nitrogen and oxygen atoms in total. The molecule has 1 rings (SSSR count). The first kappa shape index (κ1) is 13.0. The average molecular weight is 306 g/mol. The number of hydrogen-bond acceptors (Lipinski definition) is 4. The number of aliphatic carboxylic acids is 1. The summed E-state index contributed by atoms with van der Waals surface area (Å²) < 4.78 is 0.538. The van der Waals surface area contributed by atoms with Gasteiger partial charge >= 0.3 is 5.97 Å². The van der Waals surface area contributed by atoms with Gasteiger partial charge in [-0.3, -0.25) is 14.9 Å². The van der Waals surface area contributed by atoms with E-state index in [0.29, 0.717) is 14.9 Å². The van der Waals surface area contributed by atoms with E-state index in [4.69, 9.17) is 5.11 Å². The summed E-state index contributed by atoms with van der Waals surface area (Å²) >= 11 is 4.30. The van der Waals surface area contributed by atoms with Gasteiger partial charge in [-0.2, -0.15) is 0 Å². The number of nitro benzene ring substituents is 1. The fourth-order valence-corrected chi connectivity index (χ4v) is 2.50. The minimum Gasteiger partial charge on any atom is -0.481 e. The zero-order valence-corrected chi connectivity index (χ0v) is 10.7. The van der Waals surface area contributed by atoms with E-state index in [1.807, 2.05) is 0 Å². The van der Waals surface area contributed by atoms with Crippen molar-refractivity contribution in [3.63, 3.8) is 0 Å². The minimum absolute atomic E-state index is 0.0200. The van der Waals surface area contributed by atoms with Crippen LogP contribution in [0.2, 0.25) is 0 Å². The van der Waals surface area contributed by atoms with Crippen LogP contribution >= 0.6 is 27.7 Å². The van der Waals surface area contributed by atoms with Crippen LogP contribution in [0.25, 0.3) is 0 Å². The first-order valence-corrected chi connectivity index (χ1v) is 5.99. The van der Waals surface area contributed by atoms with E-state index in [0.717, 1.165) is 11.8 Å². The maximum Gasteiger partial charge on any atom is 0.313 e. The molecule has 0 spiro atoms. The standard InChI is InChI=1S/C9H8BrNO4S/c1-5-2-8(16-4-9(12)13)6(10)3-7(5)11(14)15/h2-3H,4H2,1H3,(H,12,13). The third-order valence-corrected chi connectivity index (χ3v) is 3.76. The highest BCUT2D eigenvalue weighted by Gasteiger charge is 2.14. The van der Waals surface area contributed by atoms with E-state index in [1.165, 1.54) is 6.07 Å². The van der Waals surface area contributed by atoms with Crippen LogP contribution < -0.4 is 0 Å². The van der Waals surface area contributed by atoms with Crippen LogP contribution in [0.5, 0.6) is 0 Å². The molecule has 0 aromatic heterocycles. The van der Waals surface area contributed by atoms with Gasteiger partial charge in [-0.25, -0.2) is 0 Å². The Balaban J connectivity index is 3.01. The third kappa shape index (κ3) is 3.21. The molecule has 0 atom stereocenters. The number of rotatable bonds is 4. The lowest BCUT2D eigenvalue weighted by atomic mass is 10.2. The topological polar surface area (TPSA) is 80.4 Å². The van der Waals surface area contributed by atoms with Crippen LogP contribution in [0.1, 0.15) is 5.56 Å². The van der Waals surface area contributed by atoms with E-state index in [2.05, 4.69) is 15.9 Å². The number of carboxylic acid groups (broad SMARTS) is 1. The van der Waals surface area contributed by atoms with Crippen molar-refractivity contribution in [2.24, 2.45) is 0 Å². The number of nitrogens with zero attached hydrogens (tertiary/aromatic N) is 1. The Morgan fingerprint density at radius 1 is 1.62 bits per heavy atom. The van der Waals surface area contributed by atoms with Crippen molar-refractivity contribution >= 4 is 39.3 Å². The van der Waals surface area contributed by atoms with Gasteiger partial charge in [0.05, 0.1) is 10.7 Å². The van der Waals surface area contributed by atoms with E-state index in [9.17, 15) is 14.9 Å². The fraction of sp³-hybridized carbons (Fsp3) is 0.222. The van der Waals surface area contributed by atoms with Crippen molar-refractivity contribution in [2.75, 3.05) is 5.75 Å². The van der Waals surface area contributed by atoms with Crippen molar-refractivity contribution in [3.8, 4) is 0 Å². The van der Waals surface area contributed by atoms with Crippen LogP contribution in [0, 0.1) is 17.0 Å². The van der Waals surface area contributed by atoms with Gasteiger partial charge in [-0.15, -0.1) is 11.8 Å². The van der Waals surface area contributed by atoms with Gasteiger partial charge in [0.1, 0.15) is 0 Å². The van der Waals surface area contributed by atoms with Gasteiger partial charge in [-0.1, -0.05) is 0 Å². The van der Waals surface area contributed by atoms with Crippen molar-refractivity contribution in [1.82, 2.24) is 0 Å². The molecule has 0 radical (unpaired) electrons. The number of carboxylic acids is 1. The first-order chi connectivity index (χ1) is 7.41. The molecule has 7 heteroatoms. The Bertz CT molecular complexity index is 449. The maximum atomic E-state index is 10.6. The van der Waals surface area contributed by atoms with Gasteiger partial charge in [0.15, 0.2) is 0 Å². The van der Waals surface area contributed by atoms with Crippen LogP contribution in [0.15, 0.2) is 21.5 Å². The highest BCUT2D eigenvalue weighted by molar-refractivity contribution is 9.10. The summed E-state index contributed by atoms with van der Waals surface area (Å²) in [7, 11) is 0. The molecule has 16 heavy (non-hydrogen) atoms. The summed E-state index contributed by atoms with van der Waals surface area (Å²) in [6, 6.07) is 3.00. The number of halogens is 1. The molecule has 0 unspecified atom stereocenters. The van der Waals surface area contributed by atoms with Crippen molar-refractivity contribution in [3.05, 3.63) is 32.3 Å². The number of benzene rings is 1. The summed E-state index contributed by atoms with van der Waals surface area (Å²) in [5.41, 5.74) is 0.535. The molecule has 86 valence electrons. The van der Waals surface area contributed by atoms with Crippen molar-refractivity contribution in [2.45, 2.75) is 11.8 Å². The average Bonchev–Trinajstić information content (AvgIpc) is 2.18.